The molecule has 9 amide bonds. The lowest BCUT2D eigenvalue weighted by molar-refractivity contribution is -0.116. The Bertz CT molecular complexity index is 2450. The number of nitrogens with zero attached hydrogens (tertiary/aromatic N) is 3. The summed E-state index contributed by atoms with van der Waals surface area (Å²) in [7, 11) is 0. The topological polar surface area (TPSA) is 297 Å². The predicted octanol–water partition coefficient (Wildman–Crippen LogP) is 5.14. The number of carbonyl (C=O) groups is 5. The highest BCUT2D eigenvalue weighted by Crippen LogP contribution is 2.47. The molecule has 20 nitrogen and oxygen atoms in total. The van der Waals surface area contributed by atoms with Gasteiger partial charge in [-0.15, -0.1) is 0 Å². The van der Waals surface area contributed by atoms with Gasteiger partial charge in [-0.1, -0.05) is 53.7 Å². The normalized spacial score (nSPS) is 22.4. The van der Waals surface area contributed by atoms with Crippen molar-refractivity contribution in [1.29, 1.82) is 5.26 Å². The van der Waals surface area contributed by atoms with Crippen molar-refractivity contribution in [3.05, 3.63) is 79.6 Å². The Kier molecular flexibility index (Phi) is 14.7. The Balaban J connectivity index is 1.10. The highest BCUT2D eigenvalue weighted by molar-refractivity contribution is 6.09. The molecule has 64 heavy (non-hydrogen) atoms. The van der Waals surface area contributed by atoms with Crippen LogP contribution in [0.4, 0.5) is 36.8 Å². The number of imide groups is 1. The molecule has 1 aromatic carbocycles. The van der Waals surface area contributed by atoms with Crippen LogP contribution in [0.3, 0.4) is 0 Å². The second-order valence-electron chi connectivity index (χ2n) is 19.4. The van der Waals surface area contributed by atoms with Gasteiger partial charge in [0.15, 0.2) is 0 Å². The van der Waals surface area contributed by atoms with Crippen molar-refractivity contribution < 1.29 is 24.0 Å². The molecule has 2 heterocycles. The van der Waals surface area contributed by atoms with Gasteiger partial charge in [-0.25, -0.2) is 29.1 Å². The summed E-state index contributed by atoms with van der Waals surface area (Å²) < 4.78 is 0. The summed E-state index contributed by atoms with van der Waals surface area (Å²) >= 11 is 0. The number of hydrogen-bond acceptors (Lipinski definition) is 10. The van der Waals surface area contributed by atoms with Crippen molar-refractivity contribution in [3.63, 3.8) is 0 Å². The van der Waals surface area contributed by atoms with E-state index in [1.165, 1.54) is 18.2 Å². The Morgan fingerprint density at radius 1 is 0.688 bits per heavy atom. The number of urea groups is 4. The first-order valence-corrected chi connectivity index (χ1v) is 21.1. The molecule has 20 heteroatoms. The molecule has 2 fully saturated rings. The van der Waals surface area contributed by atoms with Crippen LogP contribution in [0.1, 0.15) is 97.0 Å². The maximum absolute atomic E-state index is 13.2. The van der Waals surface area contributed by atoms with Crippen molar-refractivity contribution in [2.45, 2.75) is 106 Å². The van der Waals surface area contributed by atoms with Gasteiger partial charge in [0, 0.05) is 54.4 Å². The molecule has 2 aromatic heterocycles. The van der Waals surface area contributed by atoms with E-state index in [-0.39, 0.29) is 57.9 Å². The van der Waals surface area contributed by atoms with Gasteiger partial charge in [-0.2, -0.15) is 5.26 Å². The lowest BCUT2D eigenvalue weighted by atomic mass is 9.62. The second-order valence-corrected chi connectivity index (χ2v) is 19.4. The van der Waals surface area contributed by atoms with Crippen LogP contribution in [-0.2, 0) is 4.79 Å². The van der Waals surface area contributed by atoms with Gasteiger partial charge in [0.1, 0.15) is 11.6 Å². The van der Waals surface area contributed by atoms with Crippen LogP contribution in [-0.4, -0.2) is 75.1 Å². The van der Waals surface area contributed by atoms with E-state index in [9.17, 15) is 38.8 Å². The first-order valence-electron chi connectivity index (χ1n) is 21.1. The monoisotopic (exact) mass is 881 g/mol. The number of hydrogen-bond donors (Lipinski definition) is 10. The van der Waals surface area contributed by atoms with Crippen LogP contribution in [0, 0.1) is 46.8 Å². The minimum Gasteiger partial charge on any atom is -0.337 e. The maximum atomic E-state index is 13.2. The molecule has 0 bridgehead atoms. The first kappa shape index (κ1) is 48.0. The van der Waals surface area contributed by atoms with Gasteiger partial charge in [-0.3, -0.25) is 40.3 Å². The van der Waals surface area contributed by atoms with Gasteiger partial charge >= 0.3 is 24.1 Å². The van der Waals surface area contributed by atoms with Crippen LogP contribution in [0.15, 0.2) is 51.6 Å². The summed E-state index contributed by atoms with van der Waals surface area (Å²) in [4.78, 5) is 101. The Hall–Kier alpha value is -7.04. The molecule has 4 atom stereocenters. The van der Waals surface area contributed by atoms with Gasteiger partial charge in [0.2, 0.25) is 11.9 Å². The number of H-pyrrole nitrogens is 2. The average Bonchev–Trinajstić information content (AvgIpc) is 3.13. The number of nitriles is 1. The Morgan fingerprint density at radius 3 is 1.58 bits per heavy atom. The second kappa shape index (κ2) is 19.6. The van der Waals surface area contributed by atoms with Gasteiger partial charge in [0.05, 0.1) is 0 Å². The number of aromatic amines is 2. The minimum atomic E-state index is -0.890. The molecule has 0 aliphatic heterocycles. The van der Waals surface area contributed by atoms with Crippen LogP contribution in [0.2, 0.25) is 0 Å². The van der Waals surface area contributed by atoms with Gasteiger partial charge in [-0.05, 0) is 97.8 Å². The van der Waals surface area contributed by atoms with Crippen molar-refractivity contribution in [2.24, 2.45) is 21.7 Å². The summed E-state index contributed by atoms with van der Waals surface area (Å²) in [5.74, 6) is -0.816. The van der Waals surface area contributed by atoms with E-state index in [1.807, 2.05) is 13.0 Å². The van der Waals surface area contributed by atoms with Crippen molar-refractivity contribution in [1.82, 2.24) is 46.5 Å². The van der Waals surface area contributed by atoms with Gasteiger partial charge < -0.3 is 26.6 Å². The zero-order valence-electron chi connectivity index (χ0n) is 37.6. The summed E-state index contributed by atoms with van der Waals surface area (Å²) in [6, 6.07) is 8.18. The smallest absolute Gasteiger partial charge is 0.321 e. The number of aromatic nitrogens is 4. The average molecular weight is 882 g/mol. The highest BCUT2D eigenvalue weighted by Gasteiger charge is 2.43. The lowest BCUT2D eigenvalue weighted by Gasteiger charge is -2.46. The number of anilines is 3. The van der Waals surface area contributed by atoms with E-state index in [2.05, 4.69) is 97.1 Å². The standard InChI is InChI=1S/C44H59N13O7/c1-25-13-32(58)53-35(48-25)56-37(61)46-23-43(7)18-30(16-41(3,4)21-43)51-39(63)50-29-11-9-27(10-12-29)15-28(20-45)34(60)55-40(64)52-31-17-42(5,6)22-44(8,19-31)24-47-38(62)57-36-49-26(2)14-33(59)54-36/h9-15,30-31H,16-19,21-24H2,1-8H3,(H2,50,51,63)(H2,52,55,60,64)(H3,46,48,53,56,58,61)(H3,47,49,54,57,59,62). The Morgan fingerprint density at radius 2 is 1.14 bits per heavy atom. The van der Waals surface area contributed by atoms with Crippen molar-refractivity contribution in [3.8, 4) is 6.07 Å². The van der Waals surface area contributed by atoms with Crippen molar-refractivity contribution >= 4 is 53.7 Å². The number of rotatable bonds is 11. The Labute approximate surface area is 371 Å². The minimum absolute atomic E-state index is 0.0251. The van der Waals surface area contributed by atoms with Crippen LogP contribution < -0.4 is 53.7 Å². The molecule has 0 radical (unpaired) electrons. The summed E-state index contributed by atoms with van der Waals surface area (Å²) in [5.41, 5.74) is -0.371. The molecular formula is C44H59N13O7. The van der Waals surface area contributed by atoms with Crippen LogP contribution >= 0.6 is 0 Å². The zero-order valence-corrected chi connectivity index (χ0v) is 37.6. The lowest BCUT2D eigenvalue weighted by Crippen LogP contribution is -2.53. The number of nitrogens with one attached hydrogen (secondary N) is 10. The van der Waals surface area contributed by atoms with E-state index in [1.54, 1.807) is 38.1 Å². The van der Waals surface area contributed by atoms with Crippen LogP contribution in [0.25, 0.3) is 6.08 Å². The largest absolute Gasteiger partial charge is 0.337 e. The molecule has 10 N–H and O–H groups in total. The molecule has 2 aliphatic rings. The molecule has 342 valence electrons. The molecule has 5 rings (SSSR count). The summed E-state index contributed by atoms with van der Waals surface area (Å²) in [6.45, 7) is 16.3. The summed E-state index contributed by atoms with van der Waals surface area (Å²) in [5, 5.41) is 31.6. The van der Waals surface area contributed by atoms with E-state index in [4.69, 9.17) is 0 Å². The summed E-state index contributed by atoms with van der Waals surface area (Å²) in [6.07, 6.45) is 5.28. The quantitative estimate of drug-likeness (QED) is 0.0894. The zero-order chi connectivity index (χ0) is 47.0. The third kappa shape index (κ3) is 14.5. The fraction of sp³-hybridized carbons (Fsp3) is 0.500. The van der Waals surface area contributed by atoms with E-state index >= 15 is 0 Å². The SMILES string of the molecule is Cc1cc(=O)[nH]c(NC(=O)NCC2(C)CC(NC(=O)NC(=O)C(C#N)=Cc3ccc(NC(=O)NC4CC(C)(C)CC(C)(CNC(=O)Nc5nc(C)cc(=O)[nH]5)C4)cc3)CC(C)(C)C2)n1. The fourth-order valence-electron chi connectivity index (χ4n) is 9.63. The third-order valence-electron chi connectivity index (χ3n) is 11.2. The molecule has 0 spiro atoms. The number of amides is 9. The molecule has 0 saturated heterocycles. The molecule has 3 aromatic rings. The van der Waals surface area contributed by atoms with Crippen LogP contribution in [0.5, 0.6) is 0 Å². The molecule has 2 aliphatic carbocycles. The third-order valence-corrected chi connectivity index (χ3v) is 11.2. The van der Waals surface area contributed by atoms with E-state index in [0.29, 0.717) is 54.9 Å². The maximum Gasteiger partial charge on any atom is 0.321 e. The molecule has 4 unspecified atom stereocenters. The first-order chi connectivity index (χ1) is 29.9. The highest BCUT2D eigenvalue weighted by atomic mass is 16.2. The molecule has 2 saturated carbocycles. The number of benzene rings is 1. The predicted molar refractivity (Wildman–Crippen MR) is 241 cm³/mol. The van der Waals surface area contributed by atoms with Gasteiger partial charge in [0.25, 0.3) is 17.0 Å². The molecular weight excluding hydrogens is 823 g/mol. The fourth-order valence-corrected chi connectivity index (χ4v) is 9.63. The number of aryl methyl sites for hydroxylation is 2. The number of carbonyl (C=O) groups excluding carboxylic acids is 5. The van der Waals surface area contributed by atoms with Crippen molar-refractivity contribution in [2.75, 3.05) is 29.0 Å². The van der Waals surface area contributed by atoms with E-state index in [0.717, 1.165) is 12.8 Å². The van der Waals surface area contributed by atoms with E-state index < -0.39 is 41.0 Å².